The van der Waals surface area contributed by atoms with Crippen LogP contribution in [0.15, 0.2) is 16.6 Å². The van der Waals surface area contributed by atoms with Crippen molar-refractivity contribution in [1.29, 1.82) is 0 Å². The van der Waals surface area contributed by atoms with Crippen LogP contribution >= 0.6 is 15.9 Å². The minimum Gasteiger partial charge on any atom is -0.394 e. The van der Waals surface area contributed by atoms with Crippen molar-refractivity contribution in [3.05, 3.63) is 32.3 Å². The summed E-state index contributed by atoms with van der Waals surface area (Å²) in [5.74, 6) is 0. The Bertz CT molecular complexity index is 515. The van der Waals surface area contributed by atoms with E-state index in [4.69, 9.17) is 4.74 Å². The lowest BCUT2D eigenvalue weighted by molar-refractivity contribution is -0.385. The van der Waals surface area contributed by atoms with Crippen LogP contribution in [0.25, 0.3) is 0 Å². The van der Waals surface area contributed by atoms with Crippen molar-refractivity contribution in [1.82, 2.24) is 0 Å². The van der Waals surface area contributed by atoms with Gasteiger partial charge in [0.2, 0.25) is 0 Å². The Labute approximate surface area is 125 Å². The molecular weight excluding hydrogens is 328 g/mol. The van der Waals surface area contributed by atoms with Gasteiger partial charge in [-0.2, -0.15) is 0 Å². The van der Waals surface area contributed by atoms with E-state index in [1.165, 1.54) is 6.07 Å². The number of hydrogen-bond acceptors (Lipinski definition) is 5. The number of aliphatic hydroxyl groups is 1. The van der Waals surface area contributed by atoms with Gasteiger partial charge >= 0.3 is 0 Å². The Morgan fingerprint density at radius 2 is 2.15 bits per heavy atom. The molecule has 7 heteroatoms. The number of aryl methyl sites for hydroxylation is 1. The van der Waals surface area contributed by atoms with E-state index in [-0.39, 0.29) is 12.3 Å². The van der Waals surface area contributed by atoms with Gasteiger partial charge in [0.25, 0.3) is 5.69 Å². The number of rotatable bonds is 4. The Balaban J connectivity index is 2.29. The van der Waals surface area contributed by atoms with Crippen LogP contribution in [0.5, 0.6) is 0 Å². The standard InChI is InChI=1S/C13H17BrN2O4/c1-9-6-11(10(14)7-12(9)16(18)19)15-13(8-17)2-4-20-5-3-13/h6-7,15,17H,2-5,8H2,1H3. The molecule has 0 saturated carbocycles. The maximum atomic E-state index is 10.9. The van der Waals surface area contributed by atoms with Crippen LogP contribution < -0.4 is 5.32 Å². The molecule has 0 bridgehead atoms. The van der Waals surface area contributed by atoms with Crippen molar-refractivity contribution in [2.75, 3.05) is 25.1 Å². The number of nitrogens with zero attached hydrogens (tertiary/aromatic N) is 1. The zero-order valence-corrected chi connectivity index (χ0v) is 12.8. The lowest BCUT2D eigenvalue weighted by Crippen LogP contribution is -2.47. The van der Waals surface area contributed by atoms with Crippen LogP contribution in [0.4, 0.5) is 11.4 Å². The molecule has 1 aliphatic heterocycles. The van der Waals surface area contributed by atoms with Crippen LogP contribution in [0.2, 0.25) is 0 Å². The third-order valence-corrected chi connectivity index (χ3v) is 4.29. The van der Waals surface area contributed by atoms with Crippen molar-refractivity contribution >= 4 is 27.3 Å². The summed E-state index contributed by atoms with van der Waals surface area (Å²) < 4.78 is 5.94. The van der Waals surface area contributed by atoms with Crippen LogP contribution in [0.1, 0.15) is 18.4 Å². The predicted molar refractivity (Wildman–Crippen MR) is 79.0 cm³/mol. The van der Waals surface area contributed by atoms with Crippen molar-refractivity contribution < 1.29 is 14.8 Å². The van der Waals surface area contributed by atoms with Gasteiger partial charge in [0.1, 0.15) is 0 Å². The number of hydrogen-bond donors (Lipinski definition) is 2. The number of nitro groups is 1. The first-order chi connectivity index (χ1) is 9.47. The van der Waals surface area contributed by atoms with Gasteiger partial charge in [-0.1, -0.05) is 0 Å². The van der Waals surface area contributed by atoms with E-state index in [9.17, 15) is 15.2 Å². The first-order valence-electron chi connectivity index (χ1n) is 6.39. The maximum Gasteiger partial charge on any atom is 0.273 e. The summed E-state index contributed by atoms with van der Waals surface area (Å²) >= 11 is 3.35. The monoisotopic (exact) mass is 344 g/mol. The molecule has 2 N–H and O–H groups in total. The molecule has 1 aromatic rings. The number of halogens is 1. The fourth-order valence-corrected chi connectivity index (χ4v) is 2.76. The molecule has 0 aromatic heterocycles. The van der Waals surface area contributed by atoms with E-state index in [1.54, 1.807) is 13.0 Å². The summed E-state index contributed by atoms with van der Waals surface area (Å²) in [5.41, 5.74) is 0.987. The average Bonchev–Trinajstić information content (AvgIpc) is 2.43. The number of ether oxygens (including phenoxy) is 1. The molecule has 0 unspecified atom stereocenters. The second kappa shape index (κ2) is 6.07. The van der Waals surface area contributed by atoms with Gasteiger partial charge in [0.15, 0.2) is 0 Å². The number of nitrogens with one attached hydrogen (secondary N) is 1. The molecule has 110 valence electrons. The van der Waals surface area contributed by atoms with Crippen LogP contribution in [0, 0.1) is 17.0 Å². The van der Waals surface area contributed by atoms with Crippen molar-refractivity contribution in [2.24, 2.45) is 0 Å². The van der Waals surface area contributed by atoms with Gasteiger partial charge in [-0.3, -0.25) is 10.1 Å². The SMILES string of the molecule is Cc1cc(NC2(CO)CCOCC2)c(Br)cc1[N+](=O)[O-]. The van der Waals surface area contributed by atoms with Crippen LogP contribution in [-0.2, 0) is 4.74 Å². The van der Waals surface area contributed by atoms with Gasteiger partial charge in [0.05, 0.1) is 17.1 Å². The number of anilines is 1. The number of aliphatic hydroxyl groups excluding tert-OH is 1. The minimum atomic E-state index is -0.427. The van der Waals surface area contributed by atoms with Crippen molar-refractivity contribution in [3.8, 4) is 0 Å². The molecule has 6 nitrogen and oxygen atoms in total. The lowest BCUT2D eigenvalue weighted by Gasteiger charge is -2.37. The van der Waals surface area contributed by atoms with Gasteiger partial charge in [-0.05, 0) is 41.8 Å². The lowest BCUT2D eigenvalue weighted by atomic mass is 9.90. The highest BCUT2D eigenvalue weighted by Crippen LogP contribution is 2.34. The normalized spacial score (nSPS) is 17.8. The van der Waals surface area contributed by atoms with Gasteiger partial charge in [-0.25, -0.2) is 0 Å². The first kappa shape index (κ1) is 15.2. The van der Waals surface area contributed by atoms with Crippen LogP contribution in [0.3, 0.4) is 0 Å². The Morgan fingerprint density at radius 1 is 1.50 bits per heavy atom. The Kier molecular flexibility index (Phi) is 4.62. The fraction of sp³-hybridized carbons (Fsp3) is 0.538. The topological polar surface area (TPSA) is 84.6 Å². The van der Waals surface area contributed by atoms with E-state index < -0.39 is 10.5 Å². The van der Waals surface area contributed by atoms with Crippen LogP contribution in [-0.4, -0.2) is 35.4 Å². The van der Waals surface area contributed by atoms with E-state index in [0.29, 0.717) is 36.1 Å². The molecule has 0 spiro atoms. The van der Waals surface area contributed by atoms with Crippen molar-refractivity contribution in [2.45, 2.75) is 25.3 Å². The Morgan fingerprint density at radius 3 is 2.70 bits per heavy atom. The highest BCUT2D eigenvalue weighted by Gasteiger charge is 2.32. The second-order valence-electron chi connectivity index (χ2n) is 5.05. The van der Waals surface area contributed by atoms with E-state index in [1.807, 2.05) is 0 Å². The number of benzene rings is 1. The second-order valence-corrected chi connectivity index (χ2v) is 5.91. The molecule has 20 heavy (non-hydrogen) atoms. The molecule has 1 fully saturated rings. The Hall–Kier alpha value is -1.18. The summed E-state index contributed by atoms with van der Waals surface area (Å²) in [4.78, 5) is 10.5. The third kappa shape index (κ3) is 3.11. The molecule has 0 radical (unpaired) electrons. The van der Waals surface area contributed by atoms with Crippen molar-refractivity contribution in [3.63, 3.8) is 0 Å². The average molecular weight is 345 g/mol. The molecule has 1 aliphatic rings. The largest absolute Gasteiger partial charge is 0.394 e. The summed E-state index contributed by atoms with van der Waals surface area (Å²) in [7, 11) is 0. The van der Waals surface area contributed by atoms with E-state index in [0.717, 1.165) is 5.69 Å². The maximum absolute atomic E-state index is 10.9. The summed E-state index contributed by atoms with van der Waals surface area (Å²) in [6.45, 7) is 2.89. The zero-order chi connectivity index (χ0) is 14.8. The third-order valence-electron chi connectivity index (χ3n) is 3.63. The van der Waals surface area contributed by atoms with E-state index >= 15 is 0 Å². The van der Waals surface area contributed by atoms with Gasteiger partial charge in [0, 0.05) is 35.0 Å². The molecule has 0 amide bonds. The first-order valence-corrected chi connectivity index (χ1v) is 7.18. The van der Waals surface area contributed by atoms with E-state index in [2.05, 4.69) is 21.2 Å². The summed E-state index contributed by atoms with van der Waals surface area (Å²) in [6, 6.07) is 3.22. The summed E-state index contributed by atoms with van der Waals surface area (Å²) in [6.07, 6.45) is 1.40. The van der Waals surface area contributed by atoms with Gasteiger partial charge < -0.3 is 15.2 Å². The predicted octanol–water partition coefficient (Wildman–Crippen LogP) is 2.62. The van der Waals surface area contributed by atoms with Gasteiger partial charge in [-0.15, -0.1) is 0 Å². The quantitative estimate of drug-likeness (QED) is 0.647. The molecule has 0 aliphatic carbocycles. The minimum absolute atomic E-state index is 0.00116. The highest BCUT2D eigenvalue weighted by atomic mass is 79.9. The fourth-order valence-electron chi connectivity index (χ4n) is 2.33. The molecule has 2 rings (SSSR count). The molecule has 1 aromatic carbocycles. The molecule has 1 heterocycles. The summed E-state index contributed by atoms with van der Waals surface area (Å²) in [5, 5.41) is 23.9. The highest BCUT2D eigenvalue weighted by molar-refractivity contribution is 9.10. The molecular formula is C13H17BrN2O4. The molecule has 0 atom stereocenters. The number of nitro benzene ring substituents is 1. The zero-order valence-electron chi connectivity index (χ0n) is 11.2. The molecule has 1 saturated heterocycles. The smallest absolute Gasteiger partial charge is 0.273 e.